The zero-order chi connectivity index (χ0) is 14.9. The average molecular weight is 292 g/mol. The quantitative estimate of drug-likeness (QED) is 0.892. The van der Waals surface area contributed by atoms with Crippen LogP contribution in [0.15, 0.2) is 4.52 Å². The molecule has 116 valence electrons. The van der Waals surface area contributed by atoms with Crippen molar-refractivity contribution in [3.05, 3.63) is 11.7 Å². The second kappa shape index (κ2) is 5.75. The number of carbonyl (C=O) groups is 1. The summed E-state index contributed by atoms with van der Waals surface area (Å²) in [6.07, 6.45) is 6.50. The molecule has 6 heteroatoms. The minimum absolute atomic E-state index is 0.104. The largest absolute Gasteiger partial charge is 0.346 e. The Bertz CT molecular complexity index is 506. The summed E-state index contributed by atoms with van der Waals surface area (Å²) >= 11 is 0. The maximum atomic E-state index is 12.2. The molecule has 2 N–H and O–H groups in total. The first kappa shape index (κ1) is 14.5. The van der Waals surface area contributed by atoms with Crippen LogP contribution in [0, 0.1) is 5.41 Å². The second-order valence-electron chi connectivity index (χ2n) is 7.04. The first-order valence-electron chi connectivity index (χ1n) is 7.91. The van der Waals surface area contributed by atoms with Crippen molar-refractivity contribution in [2.75, 3.05) is 6.54 Å². The molecule has 1 aromatic heterocycles. The number of aromatic nitrogens is 2. The Labute approximate surface area is 125 Å². The molecular formula is C15H24N4O2. The Morgan fingerprint density at radius 1 is 1.38 bits per heavy atom. The van der Waals surface area contributed by atoms with E-state index in [2.05, 4.69) is 34.6 Å². The van der Waals surface area contributed by atoms with Gasteiger partial charge < -0.3 is 15.2 Å². The third kappa shape index (κ3) is 3.43. The highest BCUT2D eigenvalue weighted by Crippen LogP contribution is 2.35. The lowest BCUT2D eigenvalue weighted by Crippen LogP contribution is -2.41. The Kier molecular flexibility index (Phi) is 3.97. The Hall–Kier alpha value is -1.43. The lowest BCUT2D eigenvalue weighted by Gasteiger charge is -2.35. The van der Waals surface area contributed by atoms with Crippen LogP contribution in [0.1, 0.15) is 74.9 Å². The summed E-state index contributed by atoms with van der Waals surface area (Å²) in [6.45, 7) is 5.47. The van der Waals surface area contributed by atoms with E-state index in [9.17, 15) is 4.79 Å². The summed E-state index contributed by atoms with van der Waals surface area (Å²) in [5.74, 6) is 0.467. The van der Waals surface area contributed by atoms with Crippen LogP contribution in [-0.4, -0.2) is 28.6 Å². The van der Waals surface area contributed by atoms with E-state index in [-0.39, 0.29) is 23.8 Å². The van der Waals surface area contributed by atoms with Crippen LogP contribution in [0.2, 0.25) is 0 Å². The molecule has 2 aliphatic rings. The van der Waals surface area contributed by atoms with Crippen molar-refractivity contribution in [3.63, 3.8) is 0 Å². The second-order valence-corrected chi connectivity index (χ2v) is 7.04. The zero-order valence-corrected chi connectivity index (χ0v) is 12.8. The van der Waals surface area contributed by atoms with Crippen LogP contribution in [0.25, 0.3) is 0 Å². The van der Waals surface area contributed by atoms with Gasteiger partial charge in [0.1, 0.15) is 0 Å². The number of amides is 1. The molecule has 1 aliphatic carbocycles. The highest BCUT2D eigenvalue weighted by Gasteiger charge is 2.30. The van der Waals surface area contributed by atoms with Gasteiger partial charge in [0.15, 0.2) is 0 Å². The summed E-state index contributed by atoms with van der Waals surface area (Å²) in [4.78, 5) is 16.5. The third-order valence-corrected chi connectivity index (χ3v) is 4.54. The van der Waals surface area contributed by atoms with Crippen LogP contribution >= 0.6 is 0 Å². The molecule has 1 saturated carbocycles. The van der Waals surface area contributed by atoms with Gasteiger partial charge in [0.2, 0.25) is 5.89 Å². The minimum atomic E-state index is -0.217. The van der Waals surface area contributed by atoms with Crippen molar-refractivity contribution in [1.82, 2.24) is 20.8 Å². The predicted octanol–water partition coefficient (Wildman–Crippen LogP) is 2.19. The fourth-order valence-electron chi connectivity index (χ4n) is 3.44. The van der Waals surface area contributed by atoms with Crippen LogP contribution in [0.4, 0.5) is 0 Å². The summed E-state index contributed by atoms with van der Waals surface area (Å²) in [5.41, 5.74) is 0.298. The highest BCUT2D eigenvalue weighted by molar-refractivity contribution is 5.90. The van der Waals surface area contributed by atoms with Crippen LogP contribution in [0.3, 0.4) is 0 Å². The van der Waals surface area contributed by atoms with Gasteiger partial charge >= 0.3 is 0 Å². The molecule has 1 saturated heterocycles. The van der Waals surface area contributed by atoms with E-state index in [0.717, 1.165) is 38.6 Å². The van der Waals surface area contributed by atoms with E-state index in [0.29, 0.717) is 11.3 Å². The van der Waals surface area contributed by atoms with Gasteiger partial charge in [0.25, 0.3) is 11.7 Å². The van der Waals surface area contributed by atoms with Crippen molar-refractivity contribution >= 4 is 5.91 Å². The summed E-state index contributed by atoms with van der Waals surface area (Å²) in [7, 11) is 0. The predicted molar refractivity (Wildman–Crippen MR) is 77.8 cm³/mol. The molecule has 0 spiro atoms. The number of nitrogens with one attached hydrogen (secondary N) is 2. The fourth-order valence-corrected chi connectivity index (χ4v) is 3.44. The first-order valence-corrected chi connectivity index (χ1v) is 7.91. The summed E-state index contributed by atoms with van der Waals surface area (Å²) in [6, 6.07) is 0.320. The van der Waals surface area contributed by atoms with Gasteiger partial charge in [-0.1, -0.05) is 25.4 Å². The number of carbonyl (C=O) groups excluding carboxylic acids is 1. The van der Waals surface area contributed by atoms with Crippen molar-refractivity contribution in [1.29, 1.82) is 0 Å². The standard InChI is InChI=1S/C15H24N4O2/c1-15(2)7-3-5-10(9-15)17-13(20)12-18-14(21-19-12)11-6-4-8-16-11/h10-11,16H,3-9H2,1-2H3,(H,17,20). The Morgan fingerprint density at radius 2 is 2.24 bits per heavy atom. The lowest BCUT2D eigenvalue weighted by atomic mass is 9.75. The van der Waals surface area contributed by atoms with Gasteiger partial charge in [-0.3, -0.25) is 4.79 Å². The molecule has 1 aliphatic heterocycles. The van der Waals surface area contributed by atoms with Gasteiger partial charge in [-0.25, -0.2) is 0 Å². The molecular weight excluding hydrogens is 268 g/mol. The first-order chi connectivity index (χ1) is 10.0. The van der Waals surface area contributed by atoms with E-state index in [4.69, 9.17) is 4.52 Å². The summed E-state index contributed by atoms with van der Waals surface area (Å²) < 4.78 is 5.22. The zero-order valence-electron chi connectivity index (χ0n) is 12.8. The molecule has 0 radical (unpaired) electrons. The van der Waals surface area contributed by atoms with Crippen molar-refractivity contribution in [2.24, 2.45) is 5.41 Å². The third-order valence-electron chi connectivity index (χ3n) is 4.54. The van der Waals surface area contributed by atoms with E-state index in [1.807, 2.05) is 0 Å². The average Bonchev–Trinajstić information content (AvgIpc) is 3.09. The number of hydrogen-bond donors (Lipinski definition) is 2. The fraction of sp³-hybridized carbons (Fsp3) is 0.800. The molecule has 0 bridgehead atoms. The Balaban J connectivity index is 1.60. The minimum Gasteiger partial charge on any atom is -0.346 e. The van der Waals surface area contributed by atoms with Gasteiger partial charge in [0.05, 0.1) is 6.04 Å². The van der Waals surface area contributed by atoms with Crippen LogP contribution in [-0.2, 0) is 0 Å². The topological polar surface area (TPSA) is 80.0 Å². The van der Waals surface area contributed by atoms with Crippen LogP contribution < -0.4 is 10.6 Å². The van der Waals surface area contributed by atoms with E-state index >= 15 is 0 Å². The van der Waals surface area contributed by atoms with E-state index in [1.54, 1.807) is 0 Å². The van der Waals surface area contributed by atoms with Crippen LogP contribution in [0.5, 0.6) is 0 Å². The molecule has 3 rings (SSSR count). The highest BCUT2D eigenvalue weighted by atomic mass is 16.5. The van der Waals surface area contributed by atoms with Gasteiger partial charge in [0, 0.05) is 6.04 Å². The molecule has 0 aromatic carbocycles. The molecule has 2 heterocycles. The van der Waals surface area contributed by atoms with Gasteiger partial charge in [-0.2, -0.15) is 4.98 Å². The molecule has 1 amide bonds. The van der Waals surface area contributed by atoms with Gasteiger partial charge in [-0.05, 0) is 44.1 Å². The molecule has 6 nitrogen and oxygen atoms in total. The molecule has 2 fully saturated rings. The normalized spacial score (nSPS) is 28.5. The molecule has 21 heavy (non-hydrogen) atoms. The van der Waals surface area contributed by atoms with Crippen molar-refractivity contribution < 1.29 is 9.32 Å². The Morgan fingerprint density at radius 3 is 2.95 bits per heavy atom. The van der Waals surface area contributed by atoms with Crippen molar-refractivity contribution in [3.8, 4) is 0 Å². The van der Waals surface area contributed by atoms with E-state index < -0.39 is 0 Å². The van der Waals surface area contributed by atoms with Crippen molar-refractivity contribution in [2.45, 2.75) is 64.5 Å². The molecule has 2 unspecified atom stereocenters. The lowest BCUT2D eigenvalue weighted by molar-refractivity contribution is 0.0889. The van der Waals surface area contributed by atoms with Gasteiger partial charge in [-0.15, -0.1) is 0 Å². The molecule has 2 atom stereocenters. The monoisotopic (exact) mass is 292 g/mol. The SMILES string of the molecule is CC1(C)CCCC(NC(=O)c2noc(C3CCCN3)n2)C1. The smallest absolute Gasteiger partial charge is 0.292 e. The maximum Gasteiger partial charge on any atom is 0.292 e. The maximum absolute atomic E-state index is 12.2. The van der Waals surface area contributed by atoms with E-state index in [1.165, 1.54) is 6.42 Å². The molecule has 1 aromatic rings. The number of rotatable bonds is 3. The number of nitrogens with zero attached hydrogens (tertiary/aromatic N) is 2. The number of hydrogen-bond acceptors (Lipinski definition) is 5. The summed E-state index contributed by atoms with van der Waals surface area (Å²) in [5, 5.41) is 10.2.